The summed E-state index contributed by atoms with van der Waals surface area (Å²) in [5.41, 5.74) is 1.65. The topological polar surface area (TPSA) is 47.0 Å². The van der Waals surface area contributed by atoms with Gasteiger partial charge >= 0.3 is 0 Å². The third kappa shape index (κ3) is 4.12. The minimum atomic E-state index is -0.419. The molecule has 0 fully saturated rings. The Labute approximate surface area is 128 Å². The normalized spacial score (nSPS) is 12.2. The van der Waals surface area contributed by atoms with Crippen LogP contribution in [0.25, 0.3) is 0 Å². The molecular weight excluding hydrogens is 293 g/mol. The molecule has 0 saturated carbocycles. The molecule has 1 unspecified atom stereocenters. The molecule has 1 aromatic carbocycles. The summed E-state index contributed by atoms with van der Waals surface area (Å²) in [6, 6.07) is 6.56. The number of halogens is 2. The van der Waals surface area contributed by atoms with Gasteiger partial charge in [-0.2, -0.15) is 0 Å². The third-order valence-corrected chi connectivity index (χ3v) is 3.42. The van der Waals surface area contributed by atoms with Gasteiger partial charge in [0.2, 0.25) is 5.88 Å². The summed E-state index contributed by atoms with van der Waals surface area (Å²) in [6.07, 6.45) is 2.06. The molecule has 2 rings (SSSR count). The zero-order valence-corrected chi connectivity index (χ0v) is 12.7. The predicted molar refractivity (Wildman–Crippen MR) is 80.1 cm³/mol. The van der Waals surface area contributed by atoms with Crippen LogP contribution in [0.5, 0.6) is 5.88 Å². The highest BCUT2D eigenvalue weighted by Crippen LogP contribution is 2.23. The van der Waals surface area contributed by atoms with E-state index in [0.717, 1.165) is 17.8 Å². The van der Waals surface area contributed by atoms with Crippen molar-refractivity contribution in [2.45, 2.75) is 19.4 Å². The van der Waals surface area contributed by atoms with Crippen LogP contribution in [0.3, 0.4) is 0 Å². The minimum Gasteiger partial charge on any atom is -0.481 e. The first-order valence-corrected chi connectivity index (χ1v) is 7.05. The van der Waals surface area contributed by atoms with Crippen molar-refractivity contribution in [3.63, 3.8) is 0 Å². The van der Waals surface area contributed by atoms with E-state index in [1.165, 1.54) is 12.4 Å². The Morgan fingerprint density at radius 3 is 2.81 bits per heavy atom. The van der Waals surface area contributed by atoms with Crippen LogP contribution in [0.15, 0.2) is 30.6 Å². The van der Waals surface area contributed by atoms with Gasteiger partial charge in [-0.05, 0) is 24.2 Å². The Hall–Kier alpha value is -1.72. The quantitative estimate of drug-likeness (QED) is 0.890. The lowest BCUT2D eigenvalue weighted by Crippen LogP contribution is -2.23. The van der Waals surface area contributed by atoms with Gasteiger partial charge in [0, 0.05) is 24.2 Å². The number of nitrogens with one attached hydrogen (secondary N) is 1. The van der Waals surface area contributed by atoms with E-state index in [-0.39, 0.29) is 11.1 Å². The molecule has 6 heteroatoms. The van der Waals surface area contributed by atoms with Crippen molar-refractivity contribution >= 4 is 11.6 Å². The second-order valence-corrected chi connectivity index (χ2v) is 4.95. The van der Waals surface area contributed by atoms with Gasteiger partial charge in [-0.15, -0.1) is 0 Å². The predicted octanol–water partition coefficient (Wildman–Crippen LogP) is 3.17. The van der Waals surface area contributed by atoms with Crippen molar-refractivity contribution in [1.82, 2.24) is 15.3 Å². The highest BCUT2D eigenvalue weighted by Gasteiger charge is 2.14. The van der Waals surface area contributed by atoms with Crippen LogP contribution < -0.4 is 10.1 Å². The molecule has 0 saturated heterocycles. The van der Waals surface area contributed by atoms with Crippen molar-refractivity contribution in [2.75, 3.05) is 13.7 Å². The number of likely N-dealkylation sites (N-methyl/N-ethyl adjacent to an activating group) is 1. The Morgan fingerprint density at radius 2 is 2.14 bits per heavy atom. The van der Waals surface area contributed by atoms with E-state index >= 15 is 0 Å². The fourth-order valence-electron chi connectivity index (χ4n) is 2.09. The van der Waals surface area contributed by atoms with Crippen LogP contribution in [-0.4, -0.2) is 23.6 Å². The van der Waals surface area contributed by atoms with Crippen molar-refractivity contribution in [2.24, 2.45) is 0 Å². The molecule has 0 aliphatic rings. The first-order chi connectivity index (χ1) is 10.1. The highest BCUT2D eigenvalue weighted by atomic mass is 35.5. The SMILES string of the molecule is CCNC(Cc1cc(OC)ncn1)c1ccc(Cl)c(F)c1. The fraction of sp³-hybridized carbons (Fsp3) is 0.333. The molecule has 21 heavy (non-hydrogen) atoms. The van der Waals surface area contributed by atoms with E-state index in [9.17, 15) is 4.39 Å². The summed E-state index contributed by atoms with van der Waals surface area (Å²) in [6.45, 7) is 2.76. The van der Waals surface area contributed by atoms with Gasteiger partial charge in [-0.3, -0.25) is 0 Å². The van der Waals surface area contributed by atoms with Gasteiger partial charge in [0.1, 0.15) is 12.1 Å². The first kappa shape index (κ1) is 15.7. The summed E-state index contributed by atoms with van der Waals surface area (Å²) in [4.78, 5) is 8.20. The lowest BCUT2D eigenvalue weighted by Gasteiger charge is -2.18. The van der Waals surface area contributed by atoms with E-state index < -0.39 is 5.82 Å². The summed E-state index contributed by atoms with van der Waals surface area (Å²) in [5.74, 6) is 0.0925. The van der Waals surface area contributed by atoms with E-state index in [4.69, 9.17) is 16.3 Å². The largest absolute Gasteiger partial charge is 0.481 e. The van der Waals surface area contributed by atoms with Crippen LogP contribution in [-0.2, 0) is 6.42 Å². The molecule has 0 aliphatic carbocycles. The van der Waals surface area contributed by atoms with Gasteiger partial charge in [0.15, 0.2) is 0 Å². The fourth-order valence-corrected chi connectivity index (χ4v) is 2.21. The number of hydrogen-bond donors (Lipinski definition) is 1. The zero-order valence-electron chi connectivity index (χ0n) is 11.9. The highest BCUT2D eigenvalue weighted by molar-refractivity contribution is 6.30. The minimum absolute atomic E-state index is 0.0543. The Balaban J connectivity index is 2.23. The Morgan fingerprint density at radius 1 is 1.33 bits per heavy atom. The number of benzene rings is 1. The molecule has 0 aliphatic heterocycles. The third-order valence-electron chi connectivity index (χ3n) is 3.12. The van der Waals surface area contributed by atoms with Gasteiger partial charge in [-0.25, -0.2) is 14.4 Å². The van der Waals surface area contributed by atoms with Crippen molar-refractivity contribution in [3.8, 4) is 5.88 Å². The van der Waals surface area contributed by atoms with Gasteiger partial charge in [-0.1, -0.05) is 24.6 Å². The molecule has 1 aromatic heterocycles. The second kappa shape index (κ2) is 7.33. The summed E-state index contributed by atoms with van der Waals surface area (Å²) in [5, 5.41) is 3.44. The standard InChI is InChI=1S/C15H17ClFN3O/c1-3-18-14(10-4-5-12(16)13(17)6-10)7-11-8-15(21-2)20-9-19-11/h4-6,8-9,14,18H,3,7H2,1-2H3. The second-order valence-electron chi connectivity index (χ2n) is 4.54. The summed E-state index contributed by atoms with van der Waals surface area (Å²) < 4.78 is 18.7. The maximum Gasteiger partial charge on any atom is 0.216 e. The lowest BCUT2D eigenvalue weighted by molar-refractivity contribution is 0.395. The van der Waals surface area contributed by atoms with E-state index in [0.29, 0.717) is 12.3 Å². The molecule has 0 bridgehead atoms. The maximum atomic E-state index is 13.6. The summed E-state index contributed by atoms with van der Waals surface area (Å²) >= 11 is 5.73. The van der Waals surface area contributed by atoms with E-state index in [1.807, 2.05) is 13.0 Å². The molecule has 2 aromatic rings. The Kier molecular flexibility index (Phi) is 5.47. The van der Waals surface area contributed by atoms with E-state index in [2.05, 4.69) is 15.3 Å². The van der Waals surface area contributed by atoms with Crippen molar-refractivity contribution in [3.05, 3.63) is 52.7 Å². The van der Waals surface area contributed by atoms with Gasteiger partial charge < -0.3 is 10.1 Å². The van der Waals surface area contributed by atoms with Crippen LogP contribution in [0.4, 0.5) is 4.39 Å². The van der Waals surface area contributed by atoms with Crippen molar-refractivity contribution in [1.29, 1.82) is 0 Å². The molecule has 1 N–H and O–H groups in total. The number of nitrogens with zero attached hydrogens (tertiary/aromatic N) is 2. The molecule has 0 radical (unpaired) electrons. The lowest BCUT2D eigenvalue weighted by atomic mass is 10.0. The Bertz CT molecular complexity index is 609. The average molecular weight is 310 g/mol. The van der Waals surface area contributed by atoms with Crippen LogP contribution >= 0.6 is 11.6 Å². The number of methoxy groups -OCH3 is 1. The molecule has 1 atom stereocenters. The van der Waals surface area contributed by atoms with Gasteiger partial charge in [0.05, 0.1) is 12.1 Å². The van der Waals surface area contributed by atoms with Crippen LogP contribution in [0.1, 0.15) is 24.2 Å². The molecule has 0 amide bonds. The molecule has 1 heterocycles. The summed E-state index contributed by atoms with van der Waals surface area (Å²) in [7, 11) is 1.56. The van der Waals surface area contributed by atoms with Gasteiger partial charge in [0.25, 0.3) is 0 Å². The number of ether oxygens (including phenoxy) is 1. The van der Waals surface area contributed by atoms with Crippen LogP contribution in [0.2, 0.25) is 5.02 Å². The molecule has 0 spiro atoms. The monoisotopic (exact) mass is 309 g/mol. The number of aromatic nitrogens is 2. The first-order valence-electron chi connectivity index (χ1n) is 6.67. The smallest absolute Gasteiger partial charge is 0.216 e. The number of rotatable bonds is 6. The van der Waals surface area contributed by atoms with E-state index in [1.54, 1.807) is 19.2 Å². The molecule has 112 valence electrons. The average Bonchev–Trinajstić information content (AvgIpc) is 2.50. The zero-order chi connectivity index (χ0) is 15.2. The molecular formula is C15H17ClFN3O. The number of hydrogen-bond acceptors (Lipinski definition) is 4. The van der Waals surface area contributed by atoms with Crippen LogP contribution in [0, 0.1) is 5.82 Å². The maximum absolute atomic E-state index is 13.6. The molecule has 4 nitrogen and oxygen atoms in total. The van der Waals surface area contributed by atoms with Crippen molar-refractivity contribution < 1.29 is 9.13 Å².